The highest BCUT2D eigenvalue weighted by Gasteiger charge is 2.28. The molecule has 1 fully saturated rings. The number of fused-ring (bicyclic) bond motifs is 2. The quantitative estimate of drug-likeness (QED) is 0.369. The van der Waals surface area contributed by atoms with Crippen LogP contribution in [0.5, 0.6) is 0 Å². The summed E-state index contributed by atoms with van der Waals surface area (Å²) in [6.45, 7) is 12.2. The fourth-order valence-electron chi connectivity index (χ4n) is 5.21. The van der Waals surface area contributed by atoms with Gasteiger partial charge in [0, 0.05) is 30.3 Å². The largest absolute Gasteiger partial charge is 0.481 e. The van der Waals surface area contributed by atoms with E-state index in [4.69, 9.17) is 10.8 Å². The van der Waals surface area contributed by atoms with E-state index in [1.165, 1.54) is 12.5 Å². The van der Waals surface area contributed by atoms with Crippen LogP contribution in [0.3, 0.4) is 0 Å². The molecule has 1 amide bonds. The molecule has 9 nitrogen and oxygen atoms in total. The van der Waals surface area contributed by atoms with Crippen molar-refractivity contribution in [2.45, 2.75) is 60.0 Å². The smallest absolute Gasteiger partial charge is 0.306 e. The van der Waals surface area contributed by atoms with Gasteiger partial charge in [-0.2, -0.15) is 5.10 Å². The highest BCUT2D eigenvalue weighted by molar-refractivity contribution is 6.08. The van der Waals surface area contributed by atoms with Gasteiger partial charge in [-0.15, -0.1) is 0 Å². The van der Waals surface area contributed by atoms with E-state index in [0.717, 1.165) is 60.8 Å². The number of halogens is 1. The minimum Gasteiger partial charge on any atom is -0.481 e. The van der Waals surface area contributed by atoms with Crippen molar-refractivity contribution in [3.05, 3.63) is 70.7 Å². The highest BCUT2D eigenvalue weighted by atomic mass is 19.1. The summed E-state index contributed by atoms with van der Waals surface area (Å²) in [7, 11) is 1.85. The lowest BCUT2D eigenvalue weighted by molar-refractivity contribution is -0.143. The molecule has 2 aliphatic heterocycles. The minimum absolute atomic E-state index is 0.0924. The zero-order chi connectivity index (χ0) is 30.6. The zero-order valence-electron chi connectivity index (χ0n) is 25.3. The van der Waals surface area contributed by atoms with Gasteiger partial charge in [-0.25, -0.2) is 4.39 Å². The number of likely N-dealkylation sites (tertiary alicyclic amines) is 1. The average molecular weight is 579 g/mol. The van der Waals surface area contributed by atoms with Gasteiger partial charge in [-0.1, -0.05) is 32.9 Å². The summed E-state index contributed by atoms with van der Waals surface area (Å²) in [6, 6.07) is 10.3. The Bertz CT molecular complexity index is 1420. The van der Waals surface area contributed by atoms with Crippen LogP contribution in [0.4, 0.5) is 21.6 Å². The number of piperidine rings is 1. The van der Waals surface area contributed by atoms with Gasteiger partial charge in [-0.05, 0) is 81.1 Å². The molecule has 0 aliphatic carbocycles. The molecule has 42 heavy (non-hydrogen) atoms. The second-order valence-electron chi connectivity index (χ2n) is 12.5. The Morgan fingerprint density at radius 1 is 1.14 bits per heavy atom. The molecule has 2 aliphatic rings. The second kappa shape index (κ2) is 13.0. The summed E-state index contributed by atoms with van der Waals surface area (Å²) >= 11 is 0. The van der Waals surface area contributed by atoms with Crippen LogP contribution in [0.1, 0.15) is 67.1 Å². The van der Waals surface area contributed by atoms with Crippen molar-refractivity contribution >= 4 is 29.1 Å². The first-order valence-corrected chi connectivity index (χ1v) is 14.5. The monoisotopic (exact) mass is 578 g/mol. The fourth-order valence-corrected chi connectivity index (χ4v) is 5.21. The number of carbonyl (C=O) groups excluding carboxylic acids is 1. The van der Waals surface area contributed by atoms with Crippen molar-refractivity contribution in [1.82, 2.24) is 14.7 Å². The van der Waals surface area contributed by atoms with Gasteiger partial charge in [0.05, 0.1) is 30.0 Å². The number of aryl methyl sites for hydroxylation is 2. The van der Waals surface area contributed by atoms with Crippen LogP contribution in [0.2, 0.25) is 0 Å². The molecule has 1 aromatic heterocycles. The van der Waals surface area contributed by atoms with E-state index in [9.17, 15) is 14.0 Å². The Morgan fingerprint density at radius 2 is 1.86 bits per heavy atom. The summed E-state index contributed by atoms with van der Waals surface area (Å²) in [5.74, 6) is -0.633. The first-order valence-electron chi connectivity index (χ1n) is 14.5. The SMILES string of the molecule is CC(C)(C)CCN1CCC(C(=O)O)CC1.Cc1ccc2c(c1)Nc1c(cnn1C)CN2C(=O)c1ccc(CN)c(F)c1. The maximum absolute atomic E-state index is 14.2. The van der Waals surface area contributed by atoms with Crippen molar-refractivity contribution in [2.75, 3.05) is 29.9 Å². The third-order valence-electron chi connectivity index (χ3n) is 7.92. The fraction of sp³-hybridized carbons (Fsp3) is 0.469. The van der Waals surface area contributed by atoms with E-state index in [1.807, 2.05) is 32.2 Å². The van der Waals surface area contributed by atoms with Crippen molar-refractivity contribution in [2.24, 2.45) is 24.1 Å². The number of hydrogen-bond donors (Lipinski definition) is 3. The van der Waals surface area contributed by atoms with Crippen LogP contribution >= 0.6 is 0 Å². The average Bonchev–Trinajstić information content (AvgIpc) is 3.19. The molecule has 0 atom stereocenters. The summed E-state index contributed by atoms with van der Waals surface area (Å²) in [5.41, 5.74) is 10.1. The Hall–Kier alpha value is -3.76. The summed E-state index contributed by atoms with van der Waals surface area (Å²) in [4.78, 5) is 28.0. The minimum atomic E-state index is -0.620. The first-order chi connectivity index (χ1) is 19.9. The van der Waals surface area contributed by atoms with Crippen LogP contribution in [0, 0.1) is 24.1 Å². The second-order valence-corrected chi connectivity index (χ2v) is 12.5. The zero-order valence-corrected chi connectivity index (χ0v) is 25.3. The Kier molecular flexibility index (Phi) is 9.68. The number of carboxylic acids is 1. The molecular weight excluding hydrogens is 535 g/mol. The number of aromatic nitrogens is 2. The molecule has 2 aromatic carbocycles. The van der Waals surface area contributed by atoms with Gasteiger partial charge < -0.3 is 26.0 Å². The van der Waals surface area contributed by atoms with Crippen LogP contribution in [-0.4, -0.2) is 51.3 Å². The predicted molar refractivity (Wildman–Crippen MR) is 163 cm³/mol. The Labute approximate surface area is 247 Å². The number of amides is 1. The van der Waals surface area contributed by atoms with Gasteiger partial charge in [-0.3, -0.25) is 14.3 Å². The third kappa shape index (κ3) is 7.54. The van der Waals surface area contributed by atoms with Crippen molar-refractivity contribution < 1.29 is 19.1 Å². The van der Waals surface area contributed by atoms with Crippen LogP contribution < -0.4 is 16.0 Å². The molecule has 226 valence electrons. The highest BCUT2D eigenvalue weighted by Crippen LogP contribution is 2.37. The molecule has 5 rings (SSSR count). The summed E-state index contributed by atoms with van der Waals surface area (Å²) < 4.78 is 15.9. The number of hydrogen-bond acceptors (Lipinski definition) is 6. The van der Waals surface area contributed by atoms with Crippen molar-refractivity contribution in [3.63, 3.8) is 0 Å². The van der Waals surface area contributed by atoms with Gasteiger partial charge >= 0.3 is 5.97 Å². The number of anilines is 3. The number of benzene rings is 2. The summed E-state index contributed by atoms with van der Waals surface area (Å²) in [6.07, 6.45) is 4.56. The number of carbonyl (C=O) groups is 2. The molecule has 3 heterocycles. The standard InChI is InChI=1S/C20H20FN5O.C12H23NO2/c1-12-3-6-18-17(7-12)24-19-15(10-23-25(19)2)11-26(18)20(27)13-4-5-14(9-22)16(21)8-13;1-12(2,3)6-9-13-7-4-10(5-8-13)11(14)15/h3-8,10,24H,9,11,22H2,1-2H3;10H,4-9H2,1-3H3,(H,14,15). The van der Waals surface area contributed by atoms with E-state index in [-0.39, 0.29) is 23.9 Å². The molecule has 4 N–H and O–H groups in total. The lowest BCUT2D eigenvalue weighted by atomic mass is 9.91. The number of rotatable bonds is 5. The molecule has 0 bridgehead atoms. The molecular formula is C32H43FN6O3. The predicted octanol–water partition coefficient (Wildman–Crippen LogP) is 5.45. The molecule has 10 heteroatoms. The topological polar surface area (TPSA) is 117 Å². The Morgan fingerprint density at radius 3 is 2.48 bits per heavy atom. The molecule has 0 radical (unpaired) electrons. The summed E-state index contributed by atoms with van der Waals surface area (Å²) in [5, 5.41) is 16.5. The van der Waals surface area contributed by atoms with E-state index < -0.39 is 11.8 Å². The van der Waals surface area contributed by atoms with Crippen LogP contribution in [0.25, 0.3) is 0 Å². The molecule has 0 spiro atoms. The van der Waals surface area contributed by atoms with Gasteiger partial charge in [0.2, 0.25) is 0 Å². The van der Waals surface area contributed by atoms with E-state index in [0.29, 0.717) is 17.5 Å². The molecule has 3 aromatic rings. The number of nitrogens with one attached hydrogen (secondary N) is 1. The van der Waals surface area contributed by atoms with Crippen LogP contribution in [0.15, 0.2) is 42.6 Å². The first kappa shape index (κ1) is 31.2. The molecule has 1 saturated heterocycles. The normalized spacial score (nSPS) is 15.5. The number of nitrogens with two attached hydrogens (primary N) is 1. The lowest BCUT2D eigenvalue weighted by Gasteiger charge is -2.32. The lowest BCUT2D eigenvalue weighted by Crippen LogP contribution is -2.37. The van der Waals surface area contributed by atoms with Gasteiger partial charge in [0.1, 0.15) is 11.6 Å². The van der Waals surface area contributed by atoms with Crippen molar-refractivity contribution in [1.29, 1.82) is 0 Å². The third-order valence-corrected chi connectivity index (χ3v) is 7.92. The number of nitrogens with zero attached hydrogens (tertiary/aromatic N) is 4. The van der Waals surface area contributed by atoms with E-state index in [1.54, 1.807) is 27.9 Å². The number of carboxylic acid groups (broad SMARTS) is 1. The molecule has 0 unspecified atom stereocenters. The van der Waals surface area contributed by atoms with Gasteiger partial charge in [0.25, 0.3) is 5.91 Å². The maximum Gasteiger partial charge on any atom is 0.306 e. The van der Waals surface area contributed by atoms with Crippen LogP contribution in [-0.2, 0) is 24.9 Å². The van der Waals surface area contributed by atoms with Gasteiger partial charge in [0.15, 0.2) is 0 Å². The maximum atomic E-state index is 14.2. The number of aliphatic carboxylic acids is 1. The molecule has 0 saturated carbocycles. The van der Waals surface area contributed by atoms with E-state index in [2.05, 4.69) is 36.1 Å². The Balaban J connectivity index is 0.000000230. The van der Waals surface area contributed by atoms with Crippen molar-refractivity contribution in [3.8, 4) is 0 Å². The van der Waals surface area contributed by atoms with E-state index >= 15 is 0 Å².